The van der Waals surface area contributed by atoms with Crippen molar-refractivity contribution >= 4 is 27.6 Å². The molecule has 2 rings (SSSR count). The van der Waals surface area contributed by atoms with Gasteiger partial charge in [0.2, 0.25) is 0 Å². The number of ether oxygens (including phenoxy) is 1. The zero-order chi connectivity index (χ0) is 14.4. The maximum atomic E-state index is 11.7. The summed E-state index contributed by atoms with van der Waals surface area (Å²) in [4.78, 5) is 11.7. The van der Waals surface area contributed by atoms with Crippen molar-refractivity contribution in [1.29, 1.82) is 0 Å². The quantitative estimate of drug-likeness (QED) is 0.893. The number of amides is 2. The third-order valence-corrected chi connectivity index (χ3v) is 3.32. The van der Waals surface area contributed by atoms with Gasteiger partial charge in [-0.25, -0.2) is 4.79 Å². The van der Waals surface area contributed by atoms with Crippen molar-refractivity contribution in [3.63, 3.8) is 0 Å². The van der Waals surface area contributed by atoms with Gasteiger partial charge >= 0.3 is 6.03 Å². The molecule has 5 heteroatoms. The molecule has 104 valence electrons. The van der Waals surface area contributed by atoms with Crippen molar-refractivity contribution in [2.45, 2.75) is 6.54 Å². The standard InChI is InChI=1S/C15H15BrN2O2/c1-20-14-8-7-11(9-13(14)16)10-17-15(19)18-12-5-3-2-4-6-12/h2-9H,10H2,1H3,(H2,17,18,19). The second-order valence-corrected chi connectivity index (χ2v) is 5.00. The van der Waals surface area contributed by atoms with E-state index in [9.17, 15) is 4.79 Å². The Labute approximate surface area is 126 Å². The molecule has 2 N–H and O–H groups in total. The molecule has 0 aliphatic rings. The Bertz CT molecular complexity index is 588. The Morgan fingerprint density at radius 1 is 1.20 bits per heavy atom. The van der Waals surface area contributed by atoms with Crippen LogP contribution in [0.15, 0.2) is 53.0 Å². The van der Waals surface area contributed by atoms with Gasteiger partial charge in [-0.05, 0) is 45.8 Å². The lowest BCUT2D eigenvalue weighted by molar-refractivity contribution is 0.251. The molecule has 0 spiro atoms. The molecule has 4 nitrogen and oxygen atoms in total. The SMILES string of the molecule is COc1ccc(CNC(=O)Nc2ccccc2)cc1Br. The third kappa shape index (κ3) is 3.99. The van der Waals surface area contributed by atoms with Crippen LogP contribution >= 0.6 is 15.9 Å². The molecule has 2 aromatic carbocycles. The number of para-hydroxylation sites is 1. The van der Waals surface area contributed by atoms with E-state index < -0.39 is 0 Å². The van der Waals surface area contributed by atoms with E-state index in [0.717, 1.165) is 21.5 Å². The third-order valence-electron chi connectivity index (χ3n) is 2.70. The molecular weight excluding hydrogens is 320 g/mol. The molecule has 0 heterocycles. The average molecular weight is 335 g/mol. The molecule has 20 heavy (non-hydrogen) atoms. The van der Waals surface area contributed by atoms with Gasteiger partial charge in [-0.15, -0.1) is 0 Å². The van der Waals surface area contributed by atoms with Crippen LogP contribution in [0.1, 0.15) is 5.56 Å². The number of methoxy groups -OCH3 is 1. The van der Waals surface area contributed by atoms with Gasteiger partial charge in [0.25, 0.3) is 0 Å². The Hall–Kier alpha value is -2.01. The first-order chi connectivity index (χ1) is 9.69. The summed E-state index contributed by atoms with van der Waals surface area (Å²) in [5, 5.41) is 5.56. The highest BCUT2D eigenvalue weighted by molar-refractivity contribution is 9.10. The normalized spacial score (nSPS) is 9.90. The highest BCUT2D eigenvalue weighted by atomic mass is 79.9. The van der Waals surface area contributed by atoms with Crippen molar-refractivity contribution in [3.05, 3.63) is 58.6 Å². The Kier molecular flexibility index (Phi) is 5.01. The summed E-state index contributed by atoms with van der Waals surface area (Å²) in [5.74, 6) is 0.766. The summed E-state index contributed by atoms with van der Waals surface area (Å²) in [5.41, 5.74) is 1.75. The van der Waals surface area contributed by atoms with E-state index in [1.54, 1.807) is 7.11 Å². The molecule has 0 fully saturated rings. The maximum Gasteiger partial charge on any atom is 0.319 e. The van der Waals surface area contributed by atoms with Gasteiger partial charge in [0.1, 0.15) is 5.75 Å². The van der Waals surface area contributed by atoms with Gasteiger partial charge < -0.3 is 15.4 Å². The first-order valence-electron chi connectivity index (χ1n) is 6.11. The minimum absolute atomic E-state index is 0.233. The van der Waals surface area contributed by atoms with Crippen LogP contribution in [0.2, 0.25) is 0 Å². The summed E-state index contributed by atoms with van der Waals surface area (Å²) in [6, 6.07) is 14.8. The minimum Gasteiger partial charge on any atom is -0.496 e. The Balaban J connectivity index is 1.89. The number of halogens is 1. The number of hydrogen-bond donors (Lipinski definition) is 2. The second-order valence-electron chi connectivity index (χ2n) is 4.14. The zero-order valence-electron chi connectivity index (χ0n) is 11.0. The molecular formula is C15H15BrN2O2. The van der Waals surface area contributed by atoms with Crippen molar-refractivity contribution in [2.75, 3.05) is 12.4 Å². The Morgan fingerprint density at radius 3 is 2.60 bits per heavy atom. The fourth-order valence-corrected chi connectivity index (χ4v) is 2.29. The van der Waals surface area contributed by atoms with Crippen LogP contribution in [-0.4, -0.2) is 13.1 Å². The topological polar surface area (TPSA) is 50.4 Å². The van der Waals surface area contributed by atoms with Crippen LogP contribution in [0.4, 0.5) is 10.5 Å². The van der Waals surface area contributed by atoms with E-state index in [0.29, 0.717) is 6.54 Å². The fourth-order valence-electron chi connectivity index (χ4n) is 1.70. The largest absolute Gasteiger partial charge is 0.496 e. The van der Waals surface area contributed by atoms with Gasteiger partial charge in [0.05, 0.1) is 11.6 Å². The molecule has 2 amide bonds. The van der Waals surface area contributed by atoms with E-state index in [4.69, 9.17) is 4.74 Å². The number of anilines is 1. The van der Waals surface area contributed by atoms with Crippen molar-refractivity contribution in [3.8, 4) is 5.75 Å². The van der Waals surface area contributed by atoms with Crippen LogP contribution in [0, 0.1) is 0 Å². The average Bonchev–Trinajstić information content (AvgIpc) is 2.46. The van der Waals surface area contributed by atoms with Crippen molar-refractivity contribution < 1.29 is 9.53 Å². The highest BCUT2D eigenvalue weighted by Crippen LogP contribution is 2.25. The first kappa shape index (κ1) is 14.4. The smallest absolute Gasteiger partial charge is 0.319 e. The van der Waals surface area contributed by atoms with Crippen LogP contribution in [-0.2, 0) is 6.54 Å². The maximum absolute atomic E-state index is 11.7. The highest BCUT2D eigenvalue weighted by Gasteiger charge is 2.04. The molecule has 0 bridgehead atoms. The molecule has 0 aliphatic heterocycles. The molecule has 0 radical (unpaired) electrons. The number of hydrogen-bond acceptors (Lipinski definition) is 2. The van der Waals surface area contributed by atoms with Crippen LogP contribution < -0.4 is 15.4 Å². The zero-order valence-corrected chi connectivity index (χ0v) is 12.6. The number of carbonyl (C=O) groups is 1. The summed E-state index contributed by atoms with van der Waals surface area (Å²) in [6.45, 7) is 0.446. The number of urea groups is 1. The number of rotatable bonds is 4. The van der Waals surface area contributed by atoms with E-state index in [-0.39, 0.29) is 6.03 Å². The lowest BCUT2D eigenvalue weighted by Crippen LogP contribution is -2.28. The van der Waals surface area contributed by atoms with Crippen LogP contribution in [0.25, 0.3) is 0 Å². The van der Waals surface area contributed by atoms with Gasteiger partial charge in [0, 0.05) is 12.2 Å². The van der Waals surface area contributed by atoms with Crippen molar-refractivity contribution in [2.24, 2.45) is 0 Å². The molecule has 0 aliphatic carbocycles. The molecule has 0 aromatic heterocycles. The summed E-state index contributed by atoms with van der Waals surface area (Å²) < 4.78 is 6.02. The summed E-state index contributed by atoms with van der Waals surface area (Å²) in [6.07, 6.45) is 0. The molecule has 2 aromatic rings. The van der Waals surface area contributed by atoms with Crippen LogP contribution in [0.5, 0.6) is 5.75 Å². The van der Waals surface area contributed by atoms with E-state index in [1.807, 2.05) is 48.5 Å². The Morgan fingerprint density at radius 2 is 1.95 bits per heavy atom. The molecule has 0 atom stereocenters. The summed E-state index contributed by atoms with van der Waals surface area (Å²) in [7, 11) is 1.62. The molecule has 0 unspecified atom stereocenters. The lowest BCUT2D eigenvalue weighted by Gasteiger charge is -2.09. The van der Waals surface area contributed by atoms with E-state index in [2.05, 4.69) is 26.6 Å². The van der Waals surface area contributed by atoms with Crippen molar-refractivity contribution in [1.82, 2.24) is 5.32 Å². The fraction of sp³-hybridized carbons (Fsp3) is 0.133. The van der Waals surface area contributed by atoms with Gasteiger partial charge in [-0.1, -0.05) is 24.3 Å². The lowest BCUT2D eigenvalue weighted by atomic mass is 10.2. The van der Waals surface area contributed by atoms with Gasteiger partial charge in [-0.3, -0.25) is 0 Å². The van der Waals surface area contributed by atoms with Crippen LogP contribution in [0.3, 0.4) is 0 Å². The summed E-state index contributed by atoms with van der Waals surface area (Å²) >= 11 is 3.41. The number of benzene rings is 2. The first-order valence-corrected chi connectivity index (χ1v) is 6.90. The van der Waals surface area contributed by atoms with E-state index >= 15 is 0 Å². The predicted octanol–water partition coefficient (Wildman–Crippen LogP) is 3.78. The van der Waals surface area contributed by atoms with E-state index in [1.165, 1.54) is 0 Å². The van der Waals surface area contributed by atoms with Gasteiger partial charge in [-0.2, -0.15) is 0 Å². The predicted molar refractivity (Wildman–Crippen MR) is 83.0 cm³/mol. The minimum atomic E-state index is -0.233. The number of nitrogens with one attached hydrogen (secondary N) is 2. The monoisotopic (exact) mass is 334 g/mol. The molecule has 0 saturated carbocycles. The second kappa shape index (κ2) is 6.96. The molecule has 0 saturated heterocycles. The number of carbonyl (C=O) groups excluding carboxylic acids is 1. The van der Waals surface area contributed by atoms with Gasteiger partial charge in [0.15, 0.2) is 0 Å².